The van der Waals surface area contributed by atoms with E-state index < -0.39 is 0 Å². The van der Waals surface area contributed by atoms with Crippen molar-refractivity contribution in [3.63, 3.8) is 0 Å². The topological polar surface area (TPSA) is 70.4 Å². The zero-order valence-corrected chi connectivity index (χ0v) is 11.9. The molecule has 1 atom stereocenters. The third kappa shape index (κ3) is 4.10. The first-order chi connectivity index (χ1) is 8.97. The predicted octanol–water partition coefficient (Wildman–Crippen LogP) is 2.39. The van der Waals surface area contributed by atoms with Crippen molar-refractivity contribution < 1.29 is 4.92 Å². The van der Waals surface area contributed by atoms with Crippen LogP contribution in [0.5, 0.6) is 0 Å². The highest BCUT2D eigenvalue weighted by atomic mass is 16.6. The SMILES string of the molecule is CCNc1cccc(NCC(C)N(C)C)c1[N+](=O)[O-]. The second-order valence-electron chi connectivity index (χ2n) is 4.68. The lowest BCUT2D eigenvalue weighted by Gasteiger charge is -2.20. The molecule has 0 spiro atoms. The molecule has 0 aliphatic carbocycles. The smallest absolute Gasteiger partial charge is 0.315 e. The molecule has 6 nitrogen and oxygen atoms in total. The summed E-state index contributed by atoms with van der Waals surface area (Å²) in [5.74, 6) is 0. The van der Waals surface area contributed by atoms with E-state index in [2.05, 4.69) is 22.5 Å². The van der Waals surface area contributed by atoms with Crippen molar-refractivity contribution in [3.05, 3.63) is 28.3 Å². The molecule has 1 rings (SSSR count). The van der Waals surface area contributed by atoms with Crippen LogP contribution in [0.3, 0.4) is 0 Å². The Morgan fingerprint density at radius 2 is 1.89 bits per heavy atom. The summed E-state index contributed by atoms with van der Waals surface area (Å²) in [5, 5.41) is 17.4. The van der Waals surface area contributed by atoms with Crippen LogP contribution in [0.1, 0.15) is 13.8 Å². The molecule has 0 saturated carbocycles. The minimum absolute atomic E-state index is 0.107. The summed E-state index contributed by atoms with van der Waals surface area (Å²) in [6.07, 6.45) is 0. The second-order valence-corrected chi connectivity index (χ2v) is 4.68. The van der Waals surface area contributed by atoms with Crippen molar-refractivity contribution in [1.29, 1.82) is 0 Å². The third-order valence-electron chi connectivity index (χ3n) is 3.06. The molecule has 2 N–H and O–H groups in total. The van der Waals surface area contributed by atoms with Crippen molar-refractivity contribution in [3.8, 4) is 0 Å². The molecular formula is C13H22N4O2. The minimum Gasteiger partial charge on any atom is -0.380 e. The first kappa shape index (κ1) is 15.2. The van der Waals surface area contributed by atoms with Crippen LogP contribution in [0, 0.1) is 10.1 Å². The van der Waals surface area contributed by atoms with Gasteiger partial charge < -0.3 is 15.5 Å². The van der Waals surface area contributed by atoms with Gasteiger partial charge in [-0.15, -0.1) is 0 Å². The fraction of sp³-hybridized carbons (Fsp3) is 0.538. The molecule has 0 aliphatic rings. The van der Waals surface area contributed by atoms with Crippen molar-refractivity contribution in [2.75, 3.05) is 37.8 Å². The summed E-state index contributed by atoms with van der Waals surface area (Å²) in [5.41, 5.74) is 1.21. The molecule has 0 fully saturated rings. The van der Waals surface area contributed by atoms with E-state index >= 15 is 0 Å². The Morgan fingerprint density at radius 1 is 1.32 bits per heavy atom. The molecule has 106 valence electrons. The van der Waals surface area contributed by atoms with Crippen LogP contribution >= 0.6 is 0 Å². The van der Waals surface area contributed by atoms with Gasteiger partial charge in [0.25, 0.3) is 0 Å². The van der Waals surface area contributed by atoms with E-state index in [1.807, 2.05) is 27.1 Å². The summed E-state index contributed by atoms with van der Waals surface area (Å²) >= 11 is 0. The lowest BCUT2D eigenvalue weighted by molar-refractivity contribution is -0.383. The van der Waals surface area contributed by atoms with Crippen molar-refractivity contribution in [1.82, 2.24) is 4.90 Å². The van der Waals surface area contributed by atoms with Crippen molar-refractivity contribution >= 4 is 17.1 Å². The van der Waals surface area contributed by atoms with Crippen molar-refractivity contribution in [2.45, 2.75) is 19.9 Å². The van der Waals surface area contributed by atoms with E-state index in [1.165, 1.54) is 0 Å². The summed E-state index contributed by atoms with van der Waals surface area (Å²) in [4.78, 5) is 12.9. The normalized spacial score (nSPS) is 12.3. The van der Waals surface area contributed by atoms with Crippen LogP contribution in [0.25, 0.3) is 0 Å². The molecule has 0 amide bonds. The van der Waals surface area contributed by atoms with Gasteiger partial charge in [0.1, 0.15) is 11.4 Å². The largest absolute Gasteiger partial charge is 0.380 e. The van der Waals surface area contributed by atoms with Gasteiger partial charge >= 0.3 is 5.69 Å². The molecule has 0 aliphatic heterocycles. The molecule has 0 radical (unpaired) electrons. The van der Waals surface area contributed by atoms with Gasteiger partial charge in [-0.25, -0.2) is 0 Å². The lowest BCUT2D eigenvalue weighted by Crippen LogP contribution is -2.31. The number of likely N-dealkylation sites (N-methyl/N-ethyl adjacent to an activating group) is 1. The molecule has 19 heavy (non-hydrogen) atoms. The first-order valence-corrected chi connectivity index (χ1v) is 6.39. The summed E-state index contributed by atoms with van der Waals surface area (Å²) in [7, 11) is 3.96. The number of para-hydroxylation sites is 1. The lowest BCUT2D eigenvalue weighted by atomic mass is 10.2. The molecular weight excluding hydrogens is 244 g/mol. The minimum atomic E-state index is -0.347. The van der Waals surface area contributed by atoms with Gasteiger partial charge in [-0.05, 0) is 40.1 Å². The molecule has 1 unspecified atom stereocenters. The van der Waals surface area contributed by atoms with Crippen molar-refractivity contribution in [2.24, 2.45) is 0 Å². The fourth-order valence-corrected chi connectivity index (χ4v) is 1.66. The van der Waals surface area contributed by atoms with Crippen LogP contribution < -0.4 is 10.6 Å². The maximum atomic E-state index is 11.2. The summed E-state index contributed by atoms with van der Waals surface area (Å²) in [6.45, 7) is 5.28. The predicted molar refractivity (Wildman–Crippen MR) is 78.9 cm³/mol. The monoisotopic (exact) mass is 266 g/mol. The van der Waals surface area contributed by atoms with E-state index in [-0.39, 0.29) is 10.6 Å². The third-order valence-corrected chi connectivity index (χ3v) is 3.06. The van der Waals surface area contributed by atoms with Crippen LogP contribution in [-0.4, -0.2) is 43.0 Å². The Morgan fingerprint density at radius 3 is 2.37 bits per heavy atom. The van der Waals surface area contributed by atoms with E-state index in [0.29, 0.717) is 30.5 Å². The maximum absolute atomic E-state index is 11.2. The average molecular weight is 266 g/mol. The molecule has 1 aromatic carbocycles. The number of nitrogens with zero attached hydrogens (tertiary/aromatic N) is 2. The molecule has 0 heterocycles. The average Bonchev–Trinajstić information content (AvgIpc) is 2.35. The summed E-state index contributed by atoms with van der Waals surface area (Å²) < 4.78 is 0. The number of nitro groups is 1. The van der Waals surface area contributed by atoms with E-state index in [0.717, 1.165) is 0 Å². The highest BCUT2D eigenvalue weighted by Gasteiger charge is 2.19. The Balaban J connectivity index is 2.93. The van der Waals surface area contributed by atoms with Gasteiger partial charge in [0.2, 0.25) is 0 Å². The van der Waals surface area contributed by atoms with Gasteiger partial charge in [-0.2, -0.15) is 0 Å². The number of anilines is 2. The quantitative estimate of drug-likeness (QED) is 0.585. The van der Waals surface area contributed by atoms with Crippen LogP contribution in [0.2, 0.25) is 0 Å². The van der Waals surface area contributed by atoms with Gasteiger partial charge in [0.05, 0.1) is 4.92 Å². The number of nitrogens with one attached hydrogen (secondary N) is 2. The van der Waals surface area contributed by atoms with Crippen LogP contribution in [0.15, 0.2) is 18.2 Å². The Labute approximate surface area is 113 Å². The number of rotatable bonds is 7. The Bertz CT molecular complexity index is 435. The van der Waals surface area contributed by atoms with E-state index in [9.17, 15) is 10.1 Å². The fourth-order valence-electron chi connectivity index (χ4n) is 1.66. The summed E-state index contributed by atoms with van der Waals surface area (Å²) in [6, 6.07) is 5.57. The zero-order chi connectivity index (χ0) is 14.4. The Kier molecular flexibility index (Phi) is 5.57. The maximum Gasteiger partial charge on any atom is 0.315 e. The highest BCUT2D eigenvalue weighted by molar-refractivity contribution is 5.76. The molecule has 6 heteroatoms. The van der Waals surface area contributed by atoms with E-state index in [1.54, 1.807) is 12.1 Å². The molecule has 1 aromatic rings. The molecule has 0 aromatic heterocycles. The standard InChI is InChI=1S/C13H22N4O2/c1-5-14-11-7-6-8-12(13(11)17(18)19)15-9-10(2)16(3)4/h6-8,10,14-15H,5,9H2,1-4H3. The number of hydrogen-bond donors (Lipinski definition) is 2. The second kappa shape index (κ2) is 6.94. The number of nitro benzene ring substituents is 1. The molecule has 0 bridgehead atoms. The Hall–Kier alpha value is -1.82. The zero-order valence-electron chi connectivity index (χ0n) is 11.9. The van der Waals surface area contributed by atoms with Crippen LogP contribution in [0.4, 0.5) is 17.1 Å². The van der Waals surface area contributed by atoms with E-state index in [4.69, 9.17) is 0 Å². The van der Waals surface area contributed by atoms with Gasteiger partial charge in [-0.1, -0.05) is 6.07 Å². The van der Waals surface area contributed by atoms with Gasteiger partial charge in [0.15, 0.2) is 0 Å². The highest BCUT2D eigenvalue weighted by Crippen LogP contribution is 2.32. The molecule has 0 saturated heterocycles. The van der Waals surface area contributed by atoms with Gasteiger partial charge in [-0.3, -0.25) is 10.1 Å². The number of benzene rings is 1. The van der Waals surface area contributed by atoms with Crippen LogP contribution in [-0.2, 0) is 0 Å². The van der Waals surface area contributed by atoms with Gasteiger partial charge in [0, 0.05) is 19.1 Å². The first-order valence-electron chi connectivity index (χ1n) is 6.39. The number of hydrogen-bond acceptors (Lipinski definition) is 5.